The van der Waals surface area contributed by atoms with Crippen molar-refractivity contribution >= 4 is 17.6 Å². The van der Waals surface area contributed by atoms with Gasteiger partial charge in [-0.15, -0.1) is 0 Å². The number of benzene rings is 1. The van der Waals surface area contributed by atoms with E-state index in [-0.39, 0.29) is 5.96 Å². The number of rotatable bonds is 5. The van der Waals surface area contributed by atoms with Crippen LogP contribution < -0.4 is 15.8 Å². The Morgan fingerprint density at radius 2 is 2.14 bits per heavy atom. The standard InChI is InChI=1S/C13H17F3N4O2/c1-20(8-13(14,15)16)11(21)7-18-12(17)19-9-4-3-5-10(6-9)22-2/h3-6H,7-8H2,1-2H3,(H3,17,18,19). The van der Waals surface area contributed by atoms with Crippen molar-refractivity contribution in [2.75, 3.05) is 32.6 Å². The molecule has 0 spiro atoms. The Bertz CT molecular complexity index is 546. The van der Waals surface area contributed by atoms with E-state index >= 15 is 0 Å². The van der Waals surface area contributed by atoms with Gasteiger partial charge < -0.3 is 20.7 Å². The first kappa shape index (κ1) is 17.6. The molecule has 0 saturated carbocycles. The largest absolute Gasteiger partial charge is 0.497 e. The Labute approximate surface area is 125 Å². The summed E-state index contributed by atoms with van der Waals surface area (Å²) in [4.78, 5) is 15.7. The molecular weight excluding hydrogens is 301 g/mol. The molecule has 0 aliphatic heterocycles. The lowest BCUT2D eigenvalue weighted by molar-refractivity contribution is -0.157. The maximum absolute atomic E-state index is 12.1. The van der Waals surface area contributed by atoms with Gasteiger partial charge in [0.05, 0.1) is 7.11 Å². The molecule has 0 unspecified atom stereocenters. The number of halogens is 3. The number of nitrogens with two attached hydrogens (primary N) is 1. The molecule has 1 aromatic rings. The van der Waals surface area contributed by atoms with Crippen LogP contribution in [0.3, 0.4) is 0 Å². The van der Waals surface area contributed by atoms with Crippen LogP contribution >= 0.6 is 0 Å². The van der Waals surface area contributed by atoms with E-state index < -0.39 is 25.2 Å². The number of ether oxygens (including phenoxy) is 1. The molecule has 0 radical (unpaired) electrons. The van der Waals surface area contributed by atoms with Gasteiger partial charge in [-0.1, -0.05) is 6.07 Å². The zero-order chi connectivity index (χ0) is 16.8. The molecule has 1 aromatic carbocycles. The third kappa shape index (κ3) is 6.33. The molecule has 122 valence electrons. The molecule has 9 heteroatoms. The van der Waals surface area contributed by atoms with Crippen molar-refractivity contribution in [3.8, 4) is 5.75 Å². The van der Waals surface area contributed by atoms with Crippen LogP contribution in [0.5, 0.6) is 5.75 Å². The highest BCUT2D eigenvalue weighted by Crippen LogP contribution is 2.16. The van der Waals surface area contributed by atoms with E-state index in [9.17, 15) is 18.0 Å². The minimum absolute atomic E-state index is 0.0815. The number of nitrogens with one attached hydrogen (secondary N) is 1. The number of carbonyl (C=O) groups excluding carboxylic acids is 1. The van der Waals surface area contributed by atoms with Gasteiger partial charge in [0, 0.05) is 18.8 Å². The highest BCUT2D eigenvalue weighted by atomic mass is 19.4. The summed E-state index contributed by atoms with van der Waals surface area (Å²) in [6.45, 7) is -1.81. The number of anilines is 1. The summed E-state index contributed by atoms with van der Waals surface area (Å²) in [5, 5.41) is 2.71. The van der Waals surface area contributed by atoms with Gasteiger partial charge in [0.1, 0.15) is 18.8 Å². The molecule has 0 bridgehead atoms. The predicted molar refractivity (Wildman–Crippen MR) is 76.8 cm³/mol. The Hall–Kier alpha value is -2.45. The van der Waals surface area contributed by atoms with Crippen LogP contribution in [0.2, 0.25) is 0 Å². The van der Waals surface area contributed by atoms with Crippen molar-refractivity contribution in [1.29, 1.82) is 0 Å². The highest BCUT2D eigenvalue weighted by molar-refractivity contribution is 5.94. The Morgan fingerprint density at radius 3 is 2.73 bits per heavy atom. The van der Waals surface area contributed by atoms with Crippen LogP contribution in [0.15, 0.2) is 29.3 Å². The fraction of sp³-hybridized carbons (Fsp3) is 0.385. The highest BCUT2D eigenvalue weighted by Gasteiger charge is 2.30. The second kappa shape index (κ2) is 7.53. The van der Waals surface area contributed by atoms with E-state index in [2.05, 4.69) is 10.3 Å². The first-order valence-electron chi connectivity index (χ1n) is 6.23. The fourth-order valence-corrected chi connectivity index (χ4v) is 1.52. The summed E-state index contributed by atoms with van der Waals surface area (Å²) in [5.41, 5.74) is 6.16. The molecule has 3 N–H and O–H groups in total. The maximum atomic E-state index is 12.1. The first-order chi connectivity index (χ1) is 10.2. The zero-order valence-corrected chi connectivity index (χ0v) is 12.1. The zero-order valence-electron chi connectivity index (χ0n) is 12.1. The minimum Gasteiger partial charge on any atom is -0.497 e. The number of likely N-dealkylation sites (N-methyl/N-ethyl adjacent to an activating group) is 1. The summed E-state index contributed by atoms with van der Waals surface area (Å²) in [6.07, 6.45) is -4.45. The summed E-state index contributed by atoms with van der Waals surface area (Å²) < 4.78 is 41.5. The van der Waals surface area contributed by atoms with E-state index in [1.807, 2.05) is 0 Å². The van der Waals surface area contributed by atoms with Gasteiger partial charge >= 0.3 is 6.18 Å². The average Bonchev–Trinajstić information content (AvgIpc) is 2.43. The molecule has 0 aliphatic rings. The van der Waals surface area contributed by atoms with Gasteiger partial charge in [-0.05, 0) is 12.1 Å². The number of carbonyl (C=O) groups is 1. The van der Waals surface area contributed by atoms with Crippen LogP contribution in [0.4, 0.5) is 18.9 Å². The molecule has 6 nitrogen and oxygen atoms in total. The van der Waals surface area contributed by atoms with Crippen LogP contribution in [0.25, 0.3) is 0 Å². The quantitative estimate of drug-likeness (QED) is 0.636. The smallest absolute Gasteiger partial charge is 0.406 e. The molecule has 0 saturated heterocycles. The van der Waals surface area contributed by atoms with E-state index in [0.717, 1.165) is 7.05 Å². The number of methoxy groups -OCH3 is 1. The second-order valence-electron chi connectivity index (χ2n) is 4.42. The summed E-state index contributed by atoms with van der Waals surface area (Å²) in [6, 6.07) is 6.80. The number of amides is 1. The Morgan fingerprint density at radius 1 is 1.45 bits per heavy atom. The van der Waals surface area contributed by atoms with E-state index in [0.29, 0.717) is 16.3 Å². The molecule has 0 heterocycles. The third-order valence-corrected chi connectivity index (χ3v) is 2.57. The number of guanidine groups is 1. The monoisotopic (exact) mass is 318 g/mol. The molecule has 0 aromatic heterocycles. The molecule has 22 heavy (non-hydrogen) atoms. The van der Waals surface area contributed by atoms with Crippen LogP contribution in [0, 0.1) is 0 Å². The minimum atomic E-state index is -4.45. The van der Waals surface area contributed by atoms with E-state index in [4.69, 9.17) is 10.5 Å². The molecule has 0 fully saturated rings. The number of nitrogens with zero attached hydrogens (tertiary/aromatic N) is 2. The van der Waals surface area contributed by atoms with Crippen LogP contribution in [0.1, 0.15) is 0 Å². The van der Waals surface area contributed by atoms with Gasteiger partial charge in [0.15, 0.2) is 5.96 Å². The van der Waals surface area contributed by atoms with E-state index in [1.165, 1.54) is 7.11 Å². The second-order valence-corrected chi connectivity index (χ2v) is 4.42. The molecule has 1 amide bonds. The Balaban J connectivity index is 2.56. The lowest BCUT2D eigenvalue weighted by atomic mass is 10.3. The van der Waals surface area contributed by atoms with Crippen molar-refractivity contribution in [2.24, 2.45) is 10.7 Å². The summed E-state index contributed by atoms with van der Waals surface area (Å²) in [7, 11) is 2.56. The SMILES string of the molecule is COc1cccc(NC(N)=NCC(=O)N(C)CC(F)(F)F)c1. The number of hydrogen-bond acceptors (Lipinski definition) is 3. The molecule has 1 rings (SSSR count). The number of alkyl halides is 3. The lowest BCUT2D eigenvalue weighted by Gasteiger charge is -2.18. The van der Waals surface area contributed by atoms with Gasteiger partial charge in [0.2, 0.25) is 5.91 Å². The maximum Gasteiger partial charge on any atom is 0.406 e. The van der Waals surface area contributed by atoms with Crippen molar-refractivity contribution in [3.05, 3.63) is 24.3 Å². The normalized spacial score (nSPS) is 12.0. The van der Waals surface area contributed by atoms with Gasteiger partial charge in [-0.2, -0.15) is 13.2 Å². The van der Waals surface area contributed by atoms with Crippen molar-refractivity contribution in [1.82, 2.24) is 4.90 Å². The van der Waals surface area contributed by atoms with Gasteiger partial charge in [-0.3, -0.25) is 4.79 Å². The first-order valence-corrected chi connectivity index (χ1v) is 6.23. The molecule has 0 atom stereocenters. The fourth-order valence-electron chi connectivity index (χ4n) is 1.52. The topological polar surface area (TPSA) is 80.0 Å². The average molecular weight is 318 g/mol. The van der Waals surface area contributed by atoms with Crippen molar-refractivity contribution in [3.63, 3.8) is 0 Å². The summed E-state index contributed by atoms with van der Waals surface area (Å²) in [5.74, 6) is -0.270. The third-order valence-electron chi connectivity index (χ3n) is 2.57. The van der Waals surface area contributed by atoms with Crippen molar-refractivity contribution < 1.29 is 22.7 Å². The van der Waals surface area contributed by atoms with Crippen LogP contribution in [-0.2, 0) is 4.79 Å². The lowest BCUT2D eigenvalue weighted by Crippen LogP contribution is -2.37. The van der Waals surface area contributed by atoms with Gasteiger partial charge in [0.25, 0.3) is 0 Å². The molecule has 0 aliphatic carbocycles. The molecular formula is C13H17F3N4O2. The van der Waals surface area contributed by atoms with Crippen LogP contribution in [-0.4, -0.2) is 50.2 Å². The number of aliphatic imine (C=N–C) groups is 1. The van der Waals surface area contributed by atoms with E-state index in [1.54, 1.807) is 24.3 Å². The predicted octanol–water partition coefficient (Wildman–Crippen LogP) is 1.44. The number of hydrogen-bond donors (Lipinski definition) is 2. The van der Waals surface area contributed by atoms with Gasteiger partial charge in [-0.25, -0.2) is 4.99 Å². The van der Waals surface area contributed by atoms with Crippen molar-refractivity contribution in [2.45, 2.75) is 6.18 Å². The Kier molecular flexibility index (Phi) is 6.02. The summed E-state index contributed by atoms with van der Waals surface area (Å²) >= 11 is 0.